The smallest absolute Gasteiger partial charge is 0.348 e. The fraction of sp³-hybridized carbons (Fsp3) is 0.286. The normalized spacial score (nSPS) is 17.1. The summed E-state index contributed by atoms with van der Waals surface area (Å²) in [5, 5.41) is 6.28. The first-order valence-electron chi connectivity index (χ1n) is 9.57. The van der Waals surface area contributed by atoms with Gasteiger partial charge in [-0.1, -0.05) is 41.6 Å². The maximum absolute atomic E-state index is 14.6. The number of carbonyl (C=O) groups excluding carboxylic acids is 1. The van der Waals surface area contributed by atoms with Gasteiger partial charge in [0, 0.05) is 47.2 Å². The molecule has 1 aliphatic heterocycles. The molecule has 0 saturated carbocycles. The van der Waals surface area contributed by atoms with Crippen LogP contribution in [0.1, 0.15) is 28.2 Å². The van der Waals surface area contributed by atoms with E-state index < -0.39 is 22.4 Å². The monoisotopic (exact) mass is 494 g/mol. The summed E-state index contributed by atoms with van der Waals surface area (Å²) >= 11 is 2.12. The molecule has 1 unspecified atom stereocenters. The van der Waals surface area contributed by atoms with Gasteiger partial charge >= 0.3 is 10.7 Å². The fourth-order valence-corrected chi connectivity index (χ4v) is 3.65. The van der Waals surface area contributed by atoms with Crippen LogP contribution in [0.25, 0.3) is 11.4 Å². The summed E-state index contributed by atoms with van der Waals surface area (Å²) in [5.41, 5.74) is 1.17. The molecule has 1 aliphatic rings. The third-order valence-corrected chi connectivity index (χ3v) is 5.34. The fourth-order valence-electron chi connectivity index (χ4n) is 3.49. The third-order valence-electron chi connectivity index (χ3n) is 5.00. The Hall–Kier alpha value is -2.72. The lowest BCUT2D eigenvalue weighted by Crippen LogP contribution is -2.37. The number of nitrogens with one attached hydrogen (secondary N) is 1. The van der Waals surface area contributed by atoms with Crippen molar-refractivity contribution in [3.63, 3.8) is 0 Å². The zero-order valence-electron chi connectivity index (χ0n) is 16.2. The summed E-state index contributed by atoms with van der Waals surface area (Å²) in [7, 11) is 0. The van der Waals surface area contributed by atoms with E-state index in [4.69, 9.17) is 0 Å². The summed E-state index contributed by atoms with van der Waals surface area (Å²) in [5.74, 6) is -2.47. The molecule has 3 aromatic rings. The number of alkyl halides is 3. The van der Waals surface area contributed by atoms with Gasteiger partial charge in [-0.3, -0.25) is 9.69 Å². The van der Waals surface area contributed by atoms with Crippen LogP contribution >= 0.6 is 15.9 Å². The molecule has 1 fully saturated rings. The van der Waals surface area contributed by atoms with Crippen molar-refractivity contribution < 1.29 is 22.5 Å². The summed E-state index contributed by atoms with van der Waals surface area (Å²) in [6, 6.07) is 13.6. The van der Waals surface area contributed by atoms with Crippen LogP contribution in [-0.2, 0) is 11.4 Å². The molecule has 0 spiro atoms. The Morgan fingerprint density at radius 3 is 2.71 bits per heavy atom. The Bertz CT molecular complexity index is 1070. The molecule has 1 aromatic heterocycles. The number of carbonyl (C=O) groups is 1. The first kappa shape index (κ1) is 21.5. The van der Waals surface area contributed by atoms with Gasteiger partial charge in [0.1, 0.15) is 5.82 Å². The quantitative estimate of drug-likeness (QED) is 0.516. The minimum Gasteiger partial charge on any atom is -0.348 e. The maximum atomic E-state index is 14.6. The van der Waals surface area contributed by atoms with Crippen molar-refractivity contribution in [1.82, 2.24) is 20.4 Å². The van der Waals surface area contributed by atoms with Gasteiger partial charge in [0.2, 0.25) is 5.82 Å². The minimum absolute atomic E-state index is 0.0868. The van der Waals surface area contributed by atoms with Crippen molar-refractivity contribution in [2.75, 3.05) is 13.1 Å². The molecule has 4 rings (SSSR count). The summed E-state index contributed by atoms with van der Waals surface area (Å²) in [6.45, 7) is 2.29. The van der Waals surface area contributed by atoms with Crippen LogP contribution < -0.4 is 5.32 Å². The van der Waals surface area contributed by atoms with Gasteiger partial charge < -0.3 is 9.84 Å². The van der Waals surface area contributed by atoms with E-state index in [-0.39, 0.29) is 23.0 Å². The molecule has 1 amide bonds. The van der Waals surface area contributed by atoms with E-state index >= 15 is 0 Å². The lowest BCUT2D eigenvalue weighted by molar-refractivity contribution is 0.0725. The van der Waals surface area contributed by atoms with Crippen molar-refractivity contribution in [2.45, 2.75) is 23.8 Å². The first-order chi connectivity index (χ1) is 14.8. The summed E-state index contributed by atoms with van der Waals surface area (Å²) in [6.07, 6.45) is 0.769. The van der Waals surface area contributed by atoms with Crippen LogP contribution in [0.5, 0.6) is 0 Å². The van der Waals surface area contributed by atoms with E-state index in [0.717, 1.165) is 25.6 Å². The standard InChI is InChI=1S/C21H18BrF3N4O2/c22-21(24,25)20-27-18(28-31-20)14-6-7-16(17(23)10-14)19(30)26-15-8-9-29(12-15)11-13-4-2-1-3-5-13/h1-7,10,15H,8-9,11-12H2,(H,26,30). The molecule has 6 nitrogen and oxygen atoms in total. The number of nitrogens with zero attached hydrogens (tertiary/aromatic N) is 3. The highest BCUT2D eigenvalue weighted by Gasteiger charge is 2.35. The van der Waals surface area contributed by atoms with E-state index in [1.54, 1.807) is 0 Å². The van der Waals surface area contributed by atoms with Gasteiger partial charge in [-0.05, 0) is 24.1 Å². The Morgan fingerprint density at radius 1 is 1.26 bits per heavy atom. The van der Waals surface area contributed by atoms with Crippen LogP contribution in [0.3, 0.4) is 0 Å². The van der Waals surface area contributed by atoms with Crippen LogP contribution in [0.15, 0.2) is 53.1 Å². The number of benzene rings is 2. The van der Waals surface area contributed by atoms with Gasteiger partial charge in [-0.25, -0.2) is 4.39 Å². The van der Waals surface area contributed by atoms with Crippen molar-refractivity contribution in [3.05, 3.63) is 71.4 Å². The van der Waals surface area contributed by atoms with Gasteiger partial charge in [-0.2, -0.15) is 13.8 Å². The van der Waals surface area contributed by atoms with Crippen LogP contribution in [0.2, 0.25) is 0 Å². The van der Waals surface area contributed by atoms with Gasteiger partial charge in [-0.15, -0.1) is 0 Å². The SMILES string of the molecule is O=C(NC1CCN(Cc2ccccc2)C1)c1ccc(-c2noc(C(F)(F)Br)n2)cc1F. The second-order valence-electron chi connectivity index (χ2n) is 7.30. The van der Waals surface area contributed by atoms with Crippen molar-refractivity contribution in [3.8, 4) is 11.4 Å². The minimum atomic E-state index is -3.48. The van der Waals surface area contributed by atoms with Crippen molar-refractivity contribution in [1.29, 1.82) is 0 Å². The second-order valence-corrected chi connectivity index (χ2v) is 8.29. The molecule has 1 atom stereocenters. The predicted molar refractivity (Wildman–Crippen MR) is 110 cm³/mol. The van der Waals surface area contributed by atoms with Gasteiger partial charge in [0.15, 0.2) is 0 Å². The summed E-state index contributed by atoms with van der Waals surface area (Å²) < 4.78 is 45.4. The molecule has 1 N–H and O–H groups in total. The Kier molecular flexibility index (Phi) is 6.10. The topological polar surface area (TPSA) is 71.3 Å². The van der Waals surface area contributed by atoms with Crippen LogP contribution in [0, 0.1) is 5.82 Å². The van der Waals surface area contributed by atoms with E-state index in [2.05, 4.69) is 52.9 Å². The highest BCUT2D eigenvalue weighted by molar-refractivity contribution is 9.09. The van der Waals surface area contributed by atoms with Gasteiger partial charge in [0.25, 0.3) is 5.91 Å². The number of halogens is 4. The molecule has 2 aromatic carbocycles. The first-order valence-corrected chi connectivity index (χ1v) is 10.4. The predicted octanol–water partition coefficient (Wildman–Crippen LogP) is 4.32. The molecule has 1 saturated heterocycles. The molecular weight excluding hydrogens is 477 g/mol. The van der Waals surface area contributed by atoms with E-state index in [9.17, 15) is 18.0 Å². The molecule has 31 heavy (non-hydrogen) atoms. The van der Waals surface area contributed by atoms with Crippen LogP contribution in [0.4, 0.5) is 13.2 Å². The van der Waals surface area contributed by atoms with Crippen LogP contribution in [-0.4, -0.2) is 40.1 Å². The lowest BCUT2D eigenvalue weighted by atomic mass is 10.1. The number of likely N-dealkylation sites (tertiary alicyclic amines) is 1. The Balaban J connectivity index is 1.38. The second kappa shape index (κ2) is 8.80. The molecule has 162 valence electrons. The zero-order valence-corrected chi connectivity index (χ0v) is 17.8. The van der Waals surface area contributed by atoms with Crippen molar-refractivity contribution in [2.24, 2.45) is 0 Å². The number of amides is 1. The average Bonchev–Trinajstić information content (AvgIpc) is 3.38. The van der Waals surface area contributed by atoms with Crippen molar-refractivity contribution >= 4 is 21.8 Å². The maximum Gasteiger partial charge on any atom is 0.378 e. The number of hydrogen-bond acceptors (Lipinski definition) is 5. The largest absolute Gasteiger partial charge is 0.378 e. The molecule has 2 heterocycles. The summed E-state index contributed by atoms with van der Waals surface area (Å²) in [4.78, 5) is 14.8. The zero-order chi connectivity index (χ0) is 22.0. The third kappa shape index (κ3) is 5.13. The Labute approximate surface area is 184 Å². The van der Waals surface area contributed by atoms with Gasteiger partial charge in [0.05, 0.1) is 5.56 Å². The molecule has 0 radical (unpaired) electrons. The molecule has 0 aliphatic carbocycles. The lowest BCUT2D eigenvalue weighted by Gasteiger charge is -2.17. The number of rotatable bonds is 6. The molecular formula is C21H18BrF3N4O2. The number of aromatic nitrogens is 2. The van der Waals surface area contributed by atoms with E-state index in [1.807, 2.05) is 18.2 Å². The average molecular weight is 495 g/mol. The highest BCUT2D eigenvalue weighted by atomic mass is 79.9. The van der Waals surface area contributed by atoms with E-state index in [0.29, 0.717) is 6.54 Å². The highest BCUT2D eigenvalue weighted by Crippen LogP contribution is 2.34. The molecule has 0 bridgehead atoms. The number of hydrogen-bond donors (Lipinski definition) is 1. The Morgan fingerprint density at radius 2 is 2.03 bits per heavy atom. The van der Waals surface area contributed by atoms with E-state index in [1.165, 1.54) is 17.7 Å². The molecule has 10 heteroatoms.